The summed E-state index contributed by atoms with van der Waals surface area (Å²) in [6, 6.07) is 0. The van der Waals surface area contributed by atoms with Crippen molar-refractivity contribution in [1.82, 2.24) is 15.3 Å². The molecule has 0 amide bonds. The number of fused-ring (bicyclic) bond motifs is 1. The van der Waals surface area contributed by atoms with E-state index >= 15 is 0 Å². The van der Waals surface area contributed by atoms with Gasteiger partial charge >= 0.3 is 0 Å². The standard InChI is InChI=1S/C12H17N3S/c1-4-13-5-2-9(1)12-14-7-10-8-16-6-3-11(10)15-12/h7,9,13H,1-6,8H2. The summed E-state index contributed by atoms with van der Waals surface area (Å²) >= 11 is 1.99. The predicted octanol–water partition coefficient (Wildman–Crippen LogP) is 1.73. The van der Waals surface area contributed by atoms with Crippen LogP contribution in [-0.4, -0.2) is 28.8 Å². The van der Waals surface area contributed by atoms with E-state index in [1.807, 2.05) is 11.8 Å². The van der Waals surface area contributed by atoms with E-state index in [4.69, 9.17) is 4.98 Å². The number of thioether (sulfide) groups is 1. The zero-order chi connectivity index (χ0) is 10.8. The molecule has 0 aliphatic carbocycles. The van der Waals surface area contributed by atoms with Gasteiger partial charge < -0.3 is 5.32 Å². The molecular formula is C12H17N3S. The average Bonchev–Trinajstić information content (AvgIpc) is 2.39. The Morgan fingerprint density at radius 1 is 1.31 bits per heavy atom. The molecule has 2 aliphatic rings. The van der Waals surface area contributed by atoms with Crippen molar-refractivity contribution in [1.29, 1.82) is 0 Å². The molecule has 1 saturated heterocycles. The smallest absolute Gasteiger partial charge is 0.131 e. The van der Waals surface area contributed by atoms with Crippen molar-refractivity contribution in [2.45, 2.75) is 30.9 Å². The average molecular weight is 235 g/mol. The van der Waals surface area contributed by atoms with Crippen LogP contribution >= 0.6 is 11.8 Å². The van der Waals surface area contributed by atoms with Crippen LogP contribution in [0.15, 0.2) is 6.20 Å². The van der Waals surface area contributed by atoms with Gasteiger partial charge in [-0.05, 0) is 38.1 Å². The van der Waals surface area contributed by atoms with Gasteiger partial charge in [-0.1, -0.05) is 0 Å². The van der Waals surface area contributed by atoms with Gasteiger partial charge in [-0.3, -0.25) is 0 Å². The van der Waals surface area contributed by atoms with Gasteiger partial charge in [0.15, 0.2) is 0 Å². The highest BCUT2D eigenvalue weighted by atomic mass is 32.2. The maximum absolute atomic E-state index is 4.78. The van der Waals surface area contributed by atoms with E-state index in [0.29, 0.717) is 5.92 Å². The van der Waals surface area contributed by atoms with Crippen molar-refractivity contribution in [3.63, 3.8) is 0 Å². The lowest BCUT2D eigenvalue weighted by Crippen LogP contribution is -2.28. The number of hydrogen-bond donors (Lipinski definition) is 1. The van der Waals surface area contributed by atoms with Crippen molar-refractivity contribution >= 4 is 11.8 Å². The lowest BCUT2D eigenvalue weighted by molar-refractivity contribution is 0.443. The zero-order valence-corrected chi connectivity index (χ0v) is 10.2. The molecule has 3 heterocycles. The highest BCUT2D eigenvalue weighted by molar-refractivity contribution is 7.98. The number of rotatable bonds is 1. The summed E-state index contributed by atoms with van der Waals surface area (Å²) in [5.74, 6) is 3.99. The van der Waals surface area contributed by atoms with Crippen LogP contribution < -0.4 is 5.32 Å². The van der Waals surface area contributed by atoms with E-state index in [2.05, 4.69) is 16.5 Å². The summed E-state index contributed by atoms with van der Waals surface area (Å²) in [5.41, 5.74) is 2.66. The van der Waals surface area contributed by atoms with Crippen LogP contribution in [0.3, 0.4) is 0 Å². The van der Waals surface area contributed by atoms with Crippen LogP contribution in [0.5, 0.6) is 0 Å². The van der Waals surface area contributed by atoms with Gasteiger partial charge in [-0.2, -0.15) is 11.8 Å². The molecule has 1 N–H and O–H groups in total. The van der Waals surface area contributed by atoms with E-state index in [0.717, 1.165) is 31.1 Å². The molecule has 0 atom stereocenters. The Morgan fingerprint density at radius 2 is 2.19 bits per heavy atom. The molecule has 1 aromatic heterocycles. The van der Waals surface area contributed by atoms with Gasteiger partial charge in [0.05, 0.1) is 0 Å². The largest absolute Gasteiger partial charge is 0.317 e. The van der Waals surface area contributed by atoms with Gasteiger partial charge in [0.1, 0.15) is 5.82 Å². The maximum atomic E-state index is 4.78. The number of hydrogen-bond acceptors (Lipinski definition) is 4. The van der Waals surface area contributed by atoms with Crippen LogP contribution in [0.25, 0.3) is 0 Å². The lowest BCUT2D eigenvalue weighted by atomic mass is 9.97. The Labute approximate surface area is 100 Å². The molecule has 1 aromatic rings. The van der Waals surface area contributed by atoms with Crippen molar-refractivity contribution in [2.75, 3.05) is 18.8 Å². The normalized spacial score (nSPS) is 21.8. The number of nitrogens with zero attached hydrogens (tertiary/aromatic N) is 2. The first-order valence-corrected chi connectivity index (χ1v) is 7.22. The minimum atomic E-state index is 0.584. The summed E-state index contributed by atoms with van der Waals surface area (Å²) in [6.45, 7) is 2.22. The fraction of sp³-hybridized carbons (Fsp3) is 0.667. The summed E-state index contributed by atoms with van der Waals surface area (Å²) in [6.07, 6.45) is 5.56. The Morgan fingerprint density at radius 3 is 3.06 bits per heavy atom. The first kappa shape index (κ1) is 10.5. The first-order chi connectivity index (χ1) is 7.93. The molecule has 2 aliphatic heterocycles. The quantitative estimate of drug-likeness (QED) is 0.804. The van der Waals surface area contributed by atoms with Crippen molar-refractivity contribution < 1.29 is 0 Å². The topological polar surface area (TPSA) is 37.8 Å². The zero-order valence-electron chi connectivity index (χ0n) is 9.41. The minimum Gasteiger partial charge on any atom is -0.317 e. The Bertz CT molecular complexity index is 375. The first-order valence-electron chi connectivity index (χ1n) is 6.06. The Hall–Kier alpha value is -0.610. The lowest BCUT2D eigenvalue weighted by Gasteiger charge is -2.23. The molecule has 0 bridgehead atoms. The monoisotopic (exact) mass is 235 g/mol. The molecule has 0 saturated carbocycles. The summed E-state index contributed by atoms with van der Waals surface area (Å²) < 4.78 is 0. The third kappa shape index (κ3) is 2.09. The fourth-order valence-electron chi connectivity index (χ4n) is 2.42. The van der Waals surface area contributed by atoms with Crippen LogP contribution in [0.1, 0.15) is 35.8 Å². The van der Waals surface area contributed by atoms with Crippen LogP contribution in [0.2, 0.25) is 0 Å². The van der Waals surface area contributed by atoms with E-state index in [9.17, 15) is 0 Å². The molecule has 3 nitrogen and oxygen atoms in total. The molecule has 0 unspecified atom stereocenters. The molecule has 0 spiro atoms. The van der Waals surface area contributed by atoms with Crippen LogP contribution in [0.4, 0.5) is 0 Å². The molecule has 86 valence electrons. The van der Waals surface area contributed by atoms with Gasteiger partial charge in [0.25, 0.3) is 0 Å². The molecule has 0 radical (unpaired) electrons. The van der Waals surface area contributed by atoms with Crippen LogP contribution in [-0.2, 0) is 12.2 Å². The second-order valence-electron chi connectivity index (χ2n) is 4.53. The minimum absolute atomic E-state index is 0.584. The number of piperidine rings is 1. The van der Waals surface area contributed by atoms with Gasteiger partial charge in [0, 0.05) is 29.1 Å². The SMILES string of the molecule is c1nc(C2CCNCC2)nc2c1CSCC2. The van der Waals surface area contributed by atoms with E-state index in [-0.39, 0.29) is 0 Å². The third-order valence-corrected chi connectivity index (χ3v) is 4.43. The number of aryl methyl sites for hydroxylation is 1. The Balaban J connectivity index is 1.84. The van der Waals surface area contributed by atoms with Crippen molar-refractivity contribution in [3.05, 3.63) is 23.3 Å². The van der Waals surface area contributed by atoms with Crippen molar-refractivity contribution in [2.24, 2.45) is 0 Å². The van der Waals surface area contributed by atoms with Crippen molar-refractivity contribution in [3.8, 4) is 0 Å². The maximum Gasteiger partial charge on any atom is 0.131 e. The predicted molar refractivity (Wildman–Crippen MR) is 66.7 cm³/mol. The summed E-state index contributed by atoms with van der Waals surface area (Å²) in [5, 5.41) is 3.39. The number of nitrogens with one attached hydrogen (secondary N) is 1. The second kappa shape index (κ2) is 4.72. The van der Waals surface area contributed by atoms with Gasteiger partial charge in [0.2, 0.25) is 0 Å². The summed E-state index contributed by atoms with van der Waals surface area (Å²) in [7, 11) is 0. The molecule has 3 rings (SSSR count). The van der Waals surface area contributed by atoms with E-state index < -0.39 is 0 Å². The molecule has 1 fully saturated rings. The fourth-order valence-corrected chi connectivity index (χ4v) is 3.37. The second-order valence-corrected chi connectivity index (χ2v) is 5.63. The van der Waals surface area contributed by atoms with Gasteiger partial charge in [-0.15, -0.1) is 0 Å². The van der Waals surface area contributed by atoms with Gasteiger partial charge in [-0.25, -0.2) is 9.97 Å². The third-order valence-electron chi connectivity index (χ3n) is 3.42. The molecular weight excluding hydrogens is 218 g/mol. The van der Waals surface area contributed by atoms with E-state index in [1.54, 1.807) is 0 Å². The highest BCUT2D eigenvalue weighted by Gasteiger charge is 2.20. The highest BCUT2D eigenvalue weighted by Crippen LogP contribution is 2.26. The molecule has 0 aromatic carbocycles. The summed E-state index contributed by atoms with van der Waals surface area (Å²) in [4.78, 5) is 9.35. The molecule has 4 heteroatoms. The molecule has 16 heavy (non-hydrogen) atoms. The Kier molecular flexibility index (Phi) is 3.11. The van der Waals surface area contributed by atoms with Crippen LogP contribution in [0, 0.1) is 0 Å². The number of aromatic nitrogens is 2. The van der Waals surface area contributed by atoms with E-state index in [1.165, 1.54) is 29.9 Å².